The summed E-state index contributed by atoms with van der Waals surface area (Å²) in [7, 11) is 0. The fourth-order valence-corrected chi connectivity index (χ4v) is 3.81. The maximum Gasteiger partial charge on any atom is 0.271 e. The van der Waals surface area contributed by atoms with Gasteiger partial charge in [0.05, 0.1) is 6.61 Å². The van der Waals surface area contributed by atoms with Crippen LogP contribution in [0.15, 0.2) is 71.8 Å². The number of carbonyl (C=O) groups is 1. The lowest BCUT2D eigenvalue weighted by Gasteiger charge is -2.14. The Bertz CT molecular complexity index is 1720. The number of ether oxygens (including phenoxy) is 2. The summed E-state index contributed by atoms with van der Waals surface area (Å²) in [4.78, 5) is 30.5. The van der Waals surface area contributed by atoms with Gasteiger partial charge in [-0.3, -0.25) is 19.3 Å². The van der Waals surface area contributed by atoms with Crippen LogP contribution in [-0.2, 0) is 0 Å². The number of amides is 1. The second-order valence-corrected chi connectivity index (χ2v) is 7.99. The van der Waals surface area contributed by atoms with Crippen molar-refractivity contribution in [2.75, 3.05) is 17.7 Å². The molecule has 1 amide bonds. The van der Waals surface area contributed by atoms with Gasteiger partial charge in [0.2, 0.25) is 0 Å². The summed E-state index contributed by atoms with van der Waals surface area (Å²) in [6.07, 6.45) is 2.87. The van der Waals surface area contributed by atoms with Crippen LogP contribution in [0.3, 0.4) is 0 Å². The van der Waals surface area contributed by atoms with Gasteiger partial charge in [0.1, 0.15) is 34.1 Å². The van der Waals surface area contributed by atoms with E-state index in [-0.39, 0.29) is 40.9 Å². The Morgan fingerprint density at radius 1 is 1.08 bits per heavy atom. The largest absolute Gasteiger partial charge is 0.493 e. The maximum absolute atomic E-state index is 14.9. The van der Waals surface area contributed by atoms with Gasteiger partial charge in [0.15, 0.2) is 17.2 Å². The maximum atomic E-state index is 14.9. The number of hydrogen-bond donors (Lipinski definition) is 3. The van der Waals surface area contributed by atoms with Gasteiger partial charge in [-0.2, -0.15) is 5.10 Å². The van der Waals surface area contributed by atoms with Gasteiger partial charge in [-0.25, -0.2) is 13.8 Å². The Labute approximate surface area is 213 Å². The van der Waals surface area contributed by atoms with E-state index in [1.165, 1.54) is 65.5 Å². The molecule has 0 aliphatic heterocycles. The molecule has 0 aliphatic carbocycles. The summed E-state index contributed by atoms with van der Waals surface area (Å²) in [5, 5.41) is 9.44. The van der Waals surface area contributed by atoms with E-state index in [0.29, 0.717) is 16.7 Å². The van der Waals surface area contributed by atoms with Crippen molar-refractivity contribution in [1.82, 2.24) is 19.7 Å². The Morgan fingerprint density at radius 2 is 1.87 bits per heavy atom. The first-order chi connectivity index (χ1) is 18.4. The molecule has 0 atom stereocenters. The summed E-state index contributed by atoms with van der Waals surface area (Å²) in [6.45, 7) is 1.90. The number of nitrogens with two attached hydrogens (primary N) is 1. The fourth-order valence-electron chi connectivity index (χ4n) is 3.81. The van der Waals surface area contributed by atoms with Gasteiger partial charge in [0.25, 0.3) is 11.5 Å². The van der Waals surface area contributed by atoms with Crippen molar-refractivity contribution in [2.24, 2.45) is 0 Å². The lowest BCUT2D eigenvalue weighted by molar-refractivity contribution is 0.102. The minimum Gasteiger partial charge on any atom is -0.493 e. The van der Waals surface area contributed by atoms with E-state index >= 15 is 0 Å². The van der Waals surface area contributed by atoms with Crippen molar-refractivity contribution in [1.29, 1.82) is 0 Å². The molecule has 0 unspecified atom stereocenters. The molecule has 0 aliphatic rings. The van der Waals surface area contributed by atoms with Crippen LogP contribution in [0, 0.1) is 11.6 Å². The third kappa shape index (κ3) is 4.62. The van der Waals surface area contributed by atoms with Crippen LogP contribution in [0.5, 0.6) is 17.2 Å². The zero-order valence-electron chi connectivity index (χ0n) is 19.9. The molecule has 12 heteroatoms. The summed E-state index contributed by atoms with van der Waals surface area (Å²) in [5.74, 6) is -1.70. The topological polar surface area (TPSA) is 137 Å². The molecule has 0 spiro atoms. The van der Waals surface area contributed by atoms with Crippen LogP contribution in [0.1, 0.15) is 17.3 Å². The highest BCUT2D eigenvalue weighted by Gasteiger charge is 2.21. The molecule has 0 bridgehead atoms. The van der Waals surface area contributed by atoms with E-state index in [9.17, 15) is 18.4 Å². The highest BCUT2D eigenvalue weighted by atomic mass is 19.1. The highest BCUT2D eigenvalue weighted by molar-refractivity contribution is 6.06. The lowest BCUT2D eigenvalue weighted by atomic mass is 10.2. The number of nitrogens with one attached hydrogen (secondary N) is 2. The molecule has 0 radical (unpaired) electrons. The number of halogens is 2. The molecule has 2 aromatic carbocycles. The highest BCUT2D eigenvalue weighted by Crippen LogP contribution is 2.33. The number of nitrogen functional groups attached to an aromatic ring is 1. The van der Waals surface area contributed by atoms with E-state index in [1.807, 2.05) is 0 Å². The molecule has 4 N–H and O–H groups in total. The number of rotatable bonds is 7. The van der Waals surface area contributed by atoms with Crippen molar-refractivity contribution in [3.05, 3.63) is 94.5 Å². The van der Waals surface area contributed by atoms with E-state index in [2.05, 4.69) is 20.5 Å². The van der Waals surface area contributed by atoms with Gasteiger partial charge in [-0.1, -0.05) is 0 Å². The predicted molar refractivity (Wildman–Crippen MR) is 136 cm³/mol. The monoisotopic (exact) mass is 518 g/mol. The molecular formula is C26H20F2N6O4. The van der Waals surface area contributed by atoms with Crippen molar-refractivity contribution in [3.8, 4) is 22.9 Å². The van der Waals surface area contributed by atoms with Crippen LogP contribution in [0.25, 0.3) is 16.7 Å². The van der Waals surface area contributed by atoms with Gasteiger partial charge < -0.3 is 20.5 Å². The first-order valence-electron chi connectivity index (χ1n) is 11.4. The van der Waals surface area contributed by atoms with Gasteiger partial charge in [-0.15, -0.1) is 0 Å². The van der Waals surface area contributed by atoms with E-state index in [1.54, 1.807) is 6.92 Å². The average molecular weight is 518 g/mol. The van der Waals surface area contributed by atoms with Crippen LogP contribution in [0.4, 0.5) is 20.3 Å². The third-order valence-electron chi connectivity index (χ3n) is 5.54. The van der Waals surface area contributed by atoms with Crippen LogP contribution >= 0.6 is 0 Å². The molecule has 5 aromatic rings. The second kappa shape index (κ2) is 10.0. The quantitative estimate of drug-likeness (QED) is 0.290. The molecule has 192 valence electrons. The molecular weight excluding hydrogens is 498 g/mol. The zero-order valence-corrected chi connectivity index (χ0v) is 19.9. The number of pyridine rings is 2. The third-order valence-corrected chi connectivity index (χ3v) is 5.54. The lowest BCUT2D eigenvalue weighted by Crippen LogP contribution is -2.29. The van der Waals surface area contributed by atoms with Crippen molar-refractivity contribution in [3.63, 3.8) is 0 Å². The Hall–Kier alpha value is -5.26. The average Bonchev–Trinajstić information content (AvgIpc) is 3.28. The first kappa shape index (κ1) is 24.4. The smallest absolute Gasteiger partial charge is 0.271 e. The number of aromatic nitrogens is 4. The molecule has 38 heavy (non-hydrogen) atoms. The molecule has 0 saturated heterocycles. The standard InChI is InChI=1S/C26H20F2N6O4/c1-2-37-19-10-12-34(16-6-3-14(27)4-7-16)26(36)22(19)25(35)31-15-5-8-18(17(28)13-15)38-20-9-11-30-24-21(20)23(29)32-33-24/h3-13H,2H2,1H3,(H,31,35)(H3,29,30,32,33). The normalized spacial score (nSPS) is 10.9. The number of nitrogens with zero attached hydrogens (tertiary/aromatic N) is 3. The van der Waals surface area contributed by atoms with E-state index < -0.39 is 23.1 Å². The minimum absolute atomic E-state index is 0.0493. The van der Waals surface area contributed by atoms with Gasteiger partial charge >= 0.3 is 0 Å². The minimum atomic E-state index is -0.815. The van der Waals surface area contributed by atoms with Crippen molar-refractivity contribution < 1.29 is 23.0 Å². The number of H-pyrrole nitrogens is 1. The Kier molecular flexibility index (Phi) is 6.44. The molecule has 10 nitrogen and oxygen atoms in total. The number of anilines is 2. The van der Waals surface area contributed by atoms with Crippen molar-refractivity contribution in [2.45, 2.75) is 6.92 Å². The molecule has 0 saturated carbocycles. The number of aromatic amines is 1. The van der Waals surface area contributed by atoms with E-state index in [4.69, 9.17) is 15.2 Å². The number of benzene rings is 2. The number of hydrogen-bond acceptors (Lipinski definition) is 7. The van der Waals surface area contributed by atoms with Crippen molar-refractivity contribution >= 4 is 28.4 Å². The summed E-state index contributed by atoms with van der Waals surface area (Å²) in [6, 6.07) is 11.9. The molecule has 0 fully saturated rings. The van der Waals surface area contributed by atoms with Gasteiger partial charge in [0, 0.05) is 35.9 Å². The molecule has 5 rings (SSSR count). The molecule has 3 aromatic heterocycles. The molecule has 3 heterocycles. The van der Waals surface area contributed by atoms with Crippen LogP contribution in [0.2, 0.25) is 0 Å². The second-order valence-electron chi connectivity index (χ2n) is 7.99. The van der Waals surface area contributed by atoms with Gasteiger partial charge in [-0.05, 0) is 49.4 Å². The number of fused-ring (bicyclic) bond motifs is 1. The van der Waals surface area contributed by atoms with Crippen LogP contribution < -0.4 is 26.1 Å². The SMILES string of the molecule is CCOc1ccn(-c2ccc(F)cc2)c(=O)c1C(=O)Nc1ccc(Oc2ccnc3n[nH]c(N)c23)c(F)c1. The zero-order chi connectivity index (χ0) is 26.8. The summed E-state index contributed by atoms with van der Waals surface area (Å²) in [5.41, 5.74) is 5.61. The first-order valence-corrected chi connectivity index (χ1v) is 11.4. The predicted octanol–water partition coefficient (Wildman–Crippen LogP) is 4.41. The van der Waals surface area contributed by atoms with Crippen LogP contribution in [-0.4, -0.2) is 32.3 Å². The number of carbonyl (C=O) groups excluding carboxylic acids is 1. The summed E-state index contributed by atoms with van der Waals surface area (Å²) < 4.78 is 40.6. The fraction of sp³-hybridized carbons (Fsp3) is 0.0769. The Morgan fingerprint density at radius 3 is 2.61 bits per heavy atom. The van der Waals surface area contributed by atoms with E-state index in [0.717, 1.165) is 6.07 Å². The summed E-state index contributed by atoms with van der Waals surface area (Å²) >= 11 is 0. The Balaban J connectivity index is 1.43.